The Kier molecular flexibility index (Phi) is 5.08. The molecule has 2 nitrogen and oxygen atoms in total. The van der Waals surface area contributed by atoms with Gasteiger partial charge in [-0.2, -0.15) is 0 Å². The van der Waals surface area contributed by atoms with Crippen LogP contribution >= 0.6 is 0 Å². The summed E-state index contributed by atoms with van der Waals surface area (Å²) < 4.78 is 0. The van der Waals surface area contributed by atoms with Crippen molar-refractivity contribution >= 4 is 0 Å². The van der Waals surface area contributed by atoms with Crippen LogP contribution in [0.3, 0.4) is 0 Å². The van der Waals surface area contributed by atoms with E-state index in [-0.39, 0.29) is 0 Å². The lowest BCUT2D eigenvalue weighted by atomic mass is 9.85. The average Bonchev–Trinajstić information content (AvgIpc) is 2.52. The van der Waals surface area contributed by atoms with E-state index >= 15 is 0 Å². The van der Waals surface area contributed by atoms with Crippen LogP contribution < -0.4 is 5.32 Å². The van der Waals surface area contributed by atoms with Crippen LogP contribution in [0.4, 0.5) is 0 Å². The van der Waals surface area contributed by atoms with E-state index in [9.17, 15) is 0 Å². The van der Waals surface area contributed by atoms with Gasteiger partial charge in [-0.1, -0.05) is 33.6 Å². The number of hydrogen-bond acceptors (Lipinski definition) is 2. The largest absolute Gasteiger partial charge is 0.313 e. The van der Waals surface area contributed by atoms with E-state index in [1.165, 1.54) is 58.0 Å². The third-order valence-electron chi connectivity index (χ3n) is 5.04. The molecule has 2 unspecified atom stereocenters. The van der Waals surface area contributed by atoms with Gasteiger partial charge in [0, 0.05) is 12.1 Å². The summed E-state index contributed by atoms with van der Waals surface area (Å²) in [5.74, 6) is 0. The predicted octanol–water partition coefficient (Wildman–Crippen LogP) is 3.42. The molecular weight excluding hydrogens is 220 g/mol. The van der Waals surface area contributed by atoms with Crippen LogP contribution in [0.1, 0.15) is 65.7 Å². The highest BCUT2D eigenvalue weighted by molar-refractivity contribution is 4.90. The van der Waals surface area contributed by atoms with E-state index in [2.05, 4.69) is 31.0 Å². The van der Waals surface area contributed by atoms with E-state index in [0.29, 0.717) is 5.41 Å². The second-order valence-corrected chi connectivity index (χ2v) is 7.07. The first-order valence-corrected chi connectivity index (χ1v) is 8.10. The van der Waals surface area contributed by atoms with Crippen molar-refractivity contribution in [3.05, 3.63) is 0 Å². The van der Waals surface area contributed by atoms with Gasteiger partial charge in [0.1, 0.15) is 0 Å². The molecule has 0 radical (unpaired) electrons. The maximum atomic E-state index is 3.73. The lowest BCUT2D eigenvalue weighted by Gasteiger charge is -2.40. The first-order chi connectivity index (χ1) is 8.62. The van der Waals surface area contributed by atoms with Gasteiger partial charge in [-0.25, -0.2) is 0 Å². The van der Waals surface area contributed by atoms with E-state index in [1.807, 2.05) is 0 Å². The number of likely N-dealkylation sites (N-methyl/N-ethyl adjacent to an activating group) is 1. The summed E-state index contributed by atoms with van der Waals surface area (Å²) >= 11 is 0. The van der Waals surface area contributed by atoms with Gasteiger partial charge in [0.15, 0.2) is 0 Å². The standard InChI is InChI=1S/C16H32N2/c1-4-17-14-8-5-6-9-15(14)18-12-7-10-16(2,3)11-13-18/h14-15,17H,4-13H2,1-3H3. The lowest BCUT2D eigenvalue weighted by molar-refractivity contribution is 0.122. The minimum atomic E-state index is 0.567. The number of rotatable bonds is 3. The summed E-state index contributed by atoms with van der Waals surface area (Å²) in [5, 5.41) is 3.73. The summed E-state index contributed by atoms with van der Waals surface area (Å²) in [6, 6.07) is 1.57. The van der Waals surface area contributed by atoms with E-state index in [0.717, 1.165) is 18.6 Å². The van der Waals surface area contributed by atoms with E-state index in [4.69, 9.17) is 0 Å². The van der Waals surface area contributed by atoms with Crippen molar-refractivity contribution in [2.24, 2.45) is 5.41 Å². The quantitative estimate of drug-likeness (QED) is 0.828. The monoisotopic (exact) mass is 252 g/mol. The molecule has 0 aromatic carbocycles. The minimum Gasteiger partial charge on any atom is -0.313 e. The molecule has 1 aliphatic carbocycles. The molecule has 2 aliphatic rings. The number of nitrogens with zero attached hydrogens (tertiary/aromatic N) is 1. The van der Waals surface area contributed by atoms with E-state index in [1.54, 1.807) is 0 Å². The Morgan fingerprint density at radius 1 is 1.06 bits per heavy atom. The molecule has 0 aromatic heterocycles. The van der Waals surface area contributed by atoms with Crippen molar-refractivity contribution in [1.29, 1.82) is 0 Å². The fourth-order valence-electron chi connectivity index (χ4n) is 3.82. The fourth-order valence-corrected chi connectivity index (χ4v) is 3.82. The van der Waals surface area contributed by atoms with Gasteiger partial charge < -0.3 is 5.32 Å². The van der Waals surface area contributed by atoms with Crippen LogP contribution in [-0.2, 0) is 0 Å². The van der Waals surface area contributed by atoms with Crippen LogP contribution in [0, 0.1) is 5.41 Å². The van der Waals surface area contributed by atoms with Gasteiger partial charge in [0.2, 0.25) is 0 Å². The van der Waals surface area contributed by atoms with Crippen LogP contribution in [-0.4, -0.2) is 36.6 Å². The van der Waals surface area contributed by atoms with Gasteiger partial charge >= 0.3 is 0 Å². The zero-order valence-corrected chi connectivity index (χ0v) is 12.7. The van der Waals surface area contributed by atoms with Crippen LogP contribution in [0.15, 0.2) is 0 Å². The zero-order chi connectivity index (χ0) is 13.0. The Labute approximate surface area is 114 Å². The SMILES string of the molecule is CCNC1CCCCC1N1CCCC(C)(C)CC1. The molecule has 1 aliphatic heterocycles. The molecule has 1 saturated carbocycles. The topological polar surface area (TPSA) is 15.3 Å². The molecule has 2 heteroatoms. The molecule has 1 heterocycles. The Balaban J connectivity index is 1.95. The number of likely N-dealkylation sites (tertiary alicyclic amines) is 1. The molecule has 2 atom stereocenters. The van der Waals surface area contributed by atoms with Gasteiger partial charge in [0.05, 0.1) is 0 Å². The maximum Gasteiger partial charge on any atom is 0.0249 e. The highest BCUT2D eigenvalue weighted by Gasteiger charge is 2.32. The molecule has 0 amide bonds. The van der Waals surface area contributed by atoms with Crippen LogP contribution in [0.2, 0.25) is 0 Å². The molecule has 18 heavy (non-hydrogen) atoms. The molecule has 0 bridgehead atoms. The summed E-state index contributed by atoms with van der Waals surface area (Å²) in [5.41, 5.74) is 0.567. The molecular formula is C16H32N2. The summed E-state index contributed by atoms with van der Waals surface area (Å²) in [6.07, 6.45) is 9.84. The summed E-state index contributed by atoms with van der Waals surface area (Å²) in [6.45, 7) is 10.9. The second-order valence-electron chi connectivity index (χ2n) is 7.07. The first kappa shape index (κ1) is 14.3. The average molecular weight is 252 g/mol. The van der Waals surface area contributed by atoms with Crippen molar-refractivity contribution < 1.29 is 0 Å². The molecule has 106 valence electrons. The lowest BCUT2D eigenvalue weighted by Crippen LogP contribution is -2.52. The molecule has 2 fully saturated rings. The smallest absolute Gasteiger partial charge is 0.0249 e. The first-order valence-electron chi connectivity index (χ1n) is 8.10. The highest BCUT2D eigenvalue weighted by Crippen LogP contribution is 2.32. The van der Waals surface area contributed by atoms with Gasteiger partial charge in [0.25, 0.3) is 0 Å². The molecule has 0 aromatic rings. The van der Waals surface area contributed by atoms with Crippen molar-refractivity contribution in [3.63, 3.8) is 0 Å². The van der Waals surface area contributed by atoms with Gasteiger partial charge in [-0.15, -0.1) is 0 Å². The maximum absolute atomic E-state index is 3.73. The fraction of sp³-hybridized carbons (Fsp3) is 1.00. The third-order valence-corrected chi connectivity index (χ3v) is 5.04. The Morgan fingerprint density at radius 2 is 1.83 bits per heavy atom. The van der Waals surface area contributed by atoms with Crippen molar-refractivity contribution in [1.82, 2.24) is 10.2 Å². The Hall–Kier alpha value is -0.0800. The highest BCUT2D eigenvalue weighted by atomic mass is 15.2. The van der Waals surface area contributed by atoms with Gasteiger partial charge in [-0.3, -0.25) is 4.90 Å². The van der Waals surface area contributed by atoms with Crippen molar-refractivity contribution in [2.75, 3.05) is 19.6 Å². The predicted molar refractivity (Wildman–Crippen MR) is 78.9 cm³/mol. The molecule has 2 rings (SSSR count). The van der Waals surface area contributed by atoms with Crippen LogP contribution in [0.25, 0.3) is 0 Å². The minimum absolute atomic E-state index is 0.567. The molecule has 1 N–H and O–H groups in total. The normalized spacial score (nSPS) is 34.2. The number of hydrogen-bond donors (Lipinski definition) is 1. The zero-order valence-electron chi connectivity index (χ0n) is 12.7. The van der Waals surface area contributed by atoms with E-state index < -0.39 is 0 Å². The van der Waals surface area contributed by atoms with Crippen LogP contribution in [0.5, 0.6) is 0 Å². The van der Waals surface area contributed by atoms with Gasteiger partial charge in [-0.05, 0) is 57.2 Å². The van der Waals surface area contributed by atoms with Crippen molar-refractivity contribution in [2.45, 2.75) is 77.8 Å². The third kappa shape index (κ3) is 3.71. The Bertz CT molecular complexity index is 247. The van der Waals surface area contributed by atoms with Crippen molar-refractivity contribution in [3.8, 4) is 0 Å². The molecule has 1 saturated heterocycles. The summed E-state index contributed by atoms with van der Waals surface area (Å²) in [4.78, 5) is 2.81. The molecule has 0 spiro atoms. The number of nitrogens with one attached hydrogen (secondary N) is 1. The second kappa shape index (κ2) is 6.38. The summed E-state index contributed by atoms with van der Waals surface area (Å²) in [7, 11) is 0. The Morgan fingerprint density at radius 3 is 2.61 bits per heavy atom.